The fourth-order valence-corrected chi connectivity index (χ4v) is 8.74. The Morgan fingerprint density at radius 2 is 1.94 bits per heavy atom. The number of carbonyl (C=O) groups is 3. The first kappa shape index (κ1) is 23.6. The first-order chi connectivity index (χ1) is 16.9. The third-order valence-electron chi connectivity index (χ3n) is 10.2. The first-order valence-electron chi connectivity index (χ1n) is 12.3. The summed E-state index contributed by atoms with van der Waals surface area (Å²) >= 11 is 0. The van der Waals surface area contributed by atoms with Crippen molar-refractivity contribution in [3.05, 3.63) is 47.0 Å². The average molecular weight is 499 g/mol. The Labute approximate surface area is 207 Å². The smallest absolute Gasteiger partial charge is 0.335 e. The van der Waals surface area contributed by atoms with Crippen LogP contribution in [0.4, 0.5) is 0 Å². The van der Waals surface area contributed by atoms with Gasteiger partial charge in [-0.1, -0.05) is 26.3 Å². The zero-order valence-electron chi connectivity index (χ0n) is 20.6. The lowest BCUT2D eigenvalue weighted by atomic mass is 9.56. The summed E-state index contributed by atoms with van der Waals surface area (Å²) in [7, 11) is 1.16. The highest BCUT2D eigenvalue weighted by atomic mass is 16.5. The van der Waals surface area contributed by atoms with Gasteiger partial charge < -0.3 is 29.2 Å². The highest BCUT2D eigenvalue weighted by molar-refractivity contribution is 5.95. The van der Waals surface area contributed by atoms with Crippen molar-refractivity contribution >= 4 is 17.7 Å². The second-order valence-electron chi connectivity index (χ2n) is 11.7. The lowest BCUT2D eigenvalue weighted by Crippen LogP contribution is -2.56. The van der Waals surface area contributed by atoms with Gasteiger partial charge in [0.15, 0.2) is 11.9 Å². The number of Topliss-reactive ketones (excluding diaryl/α,β-unsaturated/α-hetero) is 1. The molecule has 1 aromatic heterocycles. The Balaban J connectivity index is 1.60. The molecule has 4 aliphatic carbocycles. The summed E-state index contributed by atoms with van der Waals surface area (Å²) in [5.41, 5.74) is -2.23. The van der Waals surface area contributed by atoms with E-state index in [1.807, 2.05) is 6.92 Å². The van der Waals surface area contributed by atoms with Gasteiger partial charge in [0, 0.05) is 39.7 Å². The molecule has 9 heteroatoms. The van der Waals surface area contributed by atoms with Crippen molar-refractivity contribution < 1.29 is 43.6 Å². The molecule has 3 N–H and O–H groups in total. The Hall–Kier alpha value is -2.75. The van der Waals surface area contributed by atoms with E-state index in [0.717, 1.165) is 12.7 Å². The molecule has 0 saturated heterocycles. The predicted molar refractivity (Wildman–Crippen MR) is 122 cm³/mol. The van der Waals surface area contributed by atoms with Gasteiger partial charge in [-0.05, 0) is 36.5 Å². The number of methoxy groups -OCH3 is 1. The van der Waals surface area contributed by atoms with Gasteiger partial charge in [-0.2, -0.15) is 0 Å². The summed E-state index contributed by atoms with van der Waals surface area (Å²) in [4.78, 5) is 39.1. The number of rotatable bonds is 3. The summed E-state index contributed by atoms with van der Waals surface area (Å²) in [6.45, 7) is 5.34. The van der Waals surface area contributed by atoms with Crippen molar-refractivity contribution in [2.75, 3.05) is 7.11 Å². The number of esters is 2. The summed E-state index contributed by atoms with van der Waals surface area (Å²) in [6, 6.07) is 1.74. The monoisotopic (exact) mass is 498 g/mol. The number of hydrogen-bond acceptors (Lipinski definition) is 9. The standard InChI is InChI=1S/C27H30O9/c1-24-7-5-13-16(14(24)9-15(28)36-22(24)12-6-8-35-10-12)17-18(29)21(31)25(2)11-27(17,33)26(13,3)20(25)19(30)23(32)34-4/h6,8-10,17-20,22,29-30,33H,5,7,11H2,1-4H3/t17-,18-,19+,20-,22-,24+,25+,26+,27-/m0/s1. The maximum absolute atomic E-state index is 13.7. The van der Waals surface area contributed by atoms with Crippen LogP contribution in [0.2, 0.25) is 0 Å². The Morgan fingerprint density at radius 1 is 1.22 bits per heavy atom. The van der Waals surface area contributed by atoms with Gasteiger partial charge in [-0.15, -0.1) is 0 Å². The number of cyclic esters (lactones) is 1. The van der Waals surface area contributed by atoms with Gasteiger partial charge in [-0.25, -0.2) is 9.59 Å². The molecular formula is C27H30O9. The molecule has 0 aromatic carbocycles. The van der Waals surface area contributed by atoms with E-state index in [1.165, 1.54) is 18.6 Å². The molecule has 2 bridgehead atoms. The highest BCUT2D eigenvalue weighted by Gasteiger charge is 2.82. The van der Waals surface area contributed by atoms with Crippen LogP contribution in [-0.2, 0) is 23.9 Å². The topological polar surface area (TPSA) is 144 Å². The second-order valence-corrected chi connectivity index (χ2v) is 11.7. The normalized spacial score (nSPS) is 45.6. The molecule has 5 aliphatic rings. The van der Waals surface area contributed by atoms with Gasteiger partial charge in [0.2, 0.25) is 0 Å². The molecule has 2 saturated carbocycles. The molecule has 2 heterocycles. The van der Waals surface area contributed by atoms with Gasteiger partial charge in [-0.3, -0.25) is 4.79 Å². The lowest BCUT2D eigenvalue weighted by molar-refractivity contribution is -0.162. The van der Waals surface area contributed by atoms with Crippen LogP contribution in [0.25, 0.3) is 0 Å². The van der Waals surface area contributed by atoms with E-state index in [9.17, 15) is 29.7 Å². The van der Waals surface area contributed by atoms with Crippen LogP contribution < -0.4 is 0 Å². The minimum absolute atomic E-state index is 0.0254. The van der Waals surface area contributed by atoms with Crippen LogP contribution in [-0.4, -0.2) is 58.0 Å². The van der Waals surface area contributed by atoms with E-state index in [1.54, 1.807) is 19.9 Å². The molecule has 192 valence electrons. The van der Waals surface area contributed by atoms with E-state index in [2.05, 4.69) is 0 Å². The average Bonchev–Trinajstić information content (AvgIpc) is 3.46. The van der Waals surface area contributed by atoms with Gasteiger partial charge in [0.25, 0.3) is 0 Å². The molecule has 2 fully saturated rings. The number of ether oxygens (including phenoxy) is 2. The van der Waals surface area contributed by atoms with Crippen molar-refractivity contribution in [1.82, 2.24) is 0 Å². The predicted octanol–water partition coefficient (Wildman–Crippen LogP) is 1.77. The molecule has 1 aliphatic heterocycles. The molecule has 0 radical (unpaired) electrons. The van der Waals surface area contributed by atoms with E-state index < -0.39 is 69.7 Å². The van der Waals surface area contributed by atoms with Crippen molar-refractivity contribution in [2.24, 2.45) is 28.1 Å². The number of hydrogen-bond donors (Lipinski definition) is 3. The minimum atomic E-state index is -1.68. The van der Waals surface area contributed by atoms with Crippen LogP contribution in [0.3, 0.4) is 0 Å². The molecule has 9 nitrogen and oxygen atoms in total. The van der Waals surface area contributed by atoms with Crippen LogP contribution in [0.1, 0.15) is 51.7 Å². The van der Waals surface area contributed by atoms with Crippen LogP contribution in [0, 0.1) is 28.1 Å². The van der Waals surface area contributed by atoms with Gasteiger partial charge in [0.05, 0.1) is 25.2 Å². The number of fused-ring (bicyclic) bond motifs is 5. The SMILES string of the molecule is COC(=O)[C@H](O)[C@H]1[C@@]2(C)C[C@]3(O)[C@@H](C4=C(CC[C@]5(C)C4=CC(=O)O[C@H]5c4ccoc4)[C@]13C)[C@H](O)C2=O. The number of aliphatic hydroxyl groups is 3. The Morgan fingerprint density at radius 3 is 2.58 bits per heavy atom. The summed E-state index contributed by atoms with van der Waals surface area (Å²) in [5, 5.41) is 34.9. The maximum Gasteiger partial charge on any atom is 0.335 e. The fraction of sp³-hybridized carbons (Fsp3) is 0.593. The van der Waals surface area contributed by atoms with Gasteiger partial charge in [0.1, 0.15) is 12.2 Å². The summed E-state index contributed by atoms with van der Waals surface area (Å²) in [6.07, 6.45) is 1.51. The Bertz CT molecular complexity index is 1260. The maximum atomic E-state index is 13.7. The van der Waals surface area contributed by atoms with Crippen molar-refractivity contribution in [3.63, 3.8) is 0 Å². The van der Waals surface area contributed by atoms with Gasteiger partial charge >= 0.3 is 11.9 Å². The quantitative estimate of drug-likeness (QED) is 0.531. The van der Waals surface area contributed by atoms with Crippen molar-refractivity contribution in [3.8, 4) is 0 Å². The number of ketones is 1. The van der Waals surface area contributed by atoms with Crippen LogP contribution >= 0.6 is 0 Å². The molecular weight excluding hydrogens is 468 g/mol. The van der Waals surface area contributed by atoms with Crippen molar-refractivity contribution in [1.29, 1.82) is 0 Å². The molecule has 6 rings (SSSR count). The third-order valence-corrected chi connectivity index (χ3v) is 10.2. The van der Waals surface area contributed by atoms with Crippen molar-refractivity contribution in [2.45, 2.75) is 63.9 Å². The molecule has 0 spiro atoms. The number of carbonyl (C=O) groups excluding carboxylic acids is 3. The summed E-state index contributed by atoms with van der Waals surface area (Å²) < 4.78 is 15.8. The zero-order chi connectivity index (χ0) is 26.0. The van der Waals surface area contributed by atoms with E-state index in [-0.39, 0.29) is 6.42 Å². The molecule has 1 aromatic rings. The molecule has 0 unspecified atom stereocenters. The minimum Gasteiger partial charge on any atom is -0.472 e. The second kappa shape index (κ2) is 6.96. The van der Waals surface area contributed by atoms with E-state index in [0.29, 0.717) is 29.6 Å². The zero-order valence-corrected chi connectivity index (χ0v) is 20.6. The van der Waals surface area contributed by atoms with Crippen LogP contribution in [0.15, 0.2) is 45.8 Å². The fourth-order valence-electron chi connectivity index (χ4n) is 8.74. The molecule has 9 atom stereocenters. The number of furan rings is 1. The lowest BCUT2D eigenvalue weighted by Gasteiger charge is -2.49. The molecule has 36 heavy (non-hydrogen) atoms. The summed E-state index contributed by atoms with van der Waals surface area (Å²) in [5.74, 6) is -4.02. The highest BCUT2D eigenvalue weighted by Crippen LogP contribution is 2.77. The molecule has 0 amide bonds. The van der Waals surface area contributed by atoms with E-state index in [4.69, 9.17) is 13.9 Å². The first-order valence-corrected chi connectivity index (χ1v) is 12.3. The third kappa shape index (κ3) is 2.40. The van der Waals surface area contributed by atoms with E-state index >= 15 is 0 Å². The van der Waals surface area contributed by atoms with Crippen LogP contribution in [0.5, 0.6) is 0 Å². The number of aliphatic hydroxyl groups excluding tert-OH is 2. The largest absolute Gasteiger partial charge is 0.472 e. The Kier molecular flexibility index (Phi) is 4.57.